The SMILES string of the molecule is COCC(=O)Nc1nc(-c2cccc(C#N)c2)cc(-c2cn(Cc3cccc(C(C)C)n3)nn2)n1. The number of nitrogens with zero attached hydrogens (tertiary/aromatic N) is 7. The van der Waals surface area contributed by atoms with E-state index in [0.717, 1.165) is 11.4 Å². The second-order valence-electron chi connectivity index (χ2n) is 8.15. The van der Waals surface area contributed by atoms with Gasteiger partial charge in [0, 0.05) is 18.4 Å². The van der Waals surface area contributed by atoms with Crippen molar-refractivity contribution in [2.24, 2.45) is 0 Å². The van der Waals surface area contributed by atoms with E-state index in [1.54, 1.807) is 35.1 Å². The van der Waals surface area contributed by atoms with Crippen LogP contribution in [0.15, 0.2) is 54.7 Å². The molecule has 0 unspecified atom stereocenters. The van der Waals surface area contributed by atoms with Crippen molar-refractivity contribution in [2.45, 2.75) is 26.3 Å². The molecule has 10 heteroatoms. The molecule has 4 aromatic rings. The number of carbonyl (C=O) groups excluding carboxylic acids is 1. The monoisotopic (exact) mass is 468 g/mol. The Labute approximate surface area is 202 Å². The lowest BCUT2D eigenvalue weighted by atomic mass is 10.1. The van der Waals surface area contributed by atoms with Gasteiger partial charge in [-0.3, -0.25) is 15.1 Å². The van der Waals surface area contributed by atoms with Crippen LogP contribution in [0, 0.1) is 11.3 Å². The van der Waals surface area contributed by atoms with Crippen molar-refractivity contribution in [1.29, 1.82) is 5.26 Å². The first kappa shape index (κ1) is 23.7. The Morgan fingerprint density at radius 2 is 1.89 bits per heavy atom. The first-order valence-corrected chi connectivity index (χ1v) is 11.0. The van der Waals surface area contributed by atoms with Crippen LogP contribution in [0.25, 0.3) is 22.6 Å². The Balaban J connectivity index is 1.68. The van der Waals surface area contributed by atoms with Gasteiger partial charge in [-0.2, -0.15) is 5.26 Å². The summed E-state index contributed by atoms with van der Waals surface area (Å²) in [5, 5.41) is 20.4. The number of anilines is 1. The summed E-state index contributed by atoms with van der Waals surface area (Å²) in [5.41, 5.74) is 4.59. The van der Waals surface area contributed by atoms with Gasteiger partial charge in [0.05, 0.1) is 41.5 Å². The molecule has 1 aromatic carbocycles. The number of rotatable bonds is 8. The number of hydrogen-bond donors (Lipinski definition) is 1. The predicted molar refractivity (Wildman–Crippen MR) is 129 cm³/mol. The Morgan fingerprint density at radius 1 is 1.09 bits per heavy atom. The summed E-state index contributed by atoms with van der Waals surface area (Å²) in [5.74, 6) is 0.0378. The van der Waals surface area contributed by atoms with E-state index in [2.05, 4.69) is 50.5 Å². The molecule has 0 spiro atoms. The Kier molecular flexibility index (Phi) is 7.18. The molecule has 176 valence electrons. The fraction of sp³-hybridized carbons (Fsp3) is 0.240. The zero-order valence-corrected chi connectivity index (χ0v) is 19.6. The lowest BCUT2D eigenvalue weighted by molar-refractivity contribution is -0.119. The van der Waals surface area contributed by atoms with Gasteiger partial charge >= 0.3 is 0 Å². The van der Waals surface area contributed by atoms with Gasteiger partial charge in [-0.05, 0) is 36.2 Å². The topological polar surface area (TPSA) is 132 Å². The molecule has 1 N–H and O–H groups in total. The van der Waals surface area contributed by atoms with Gasteiger partial charge < -0.3 is 4.74 Å². The summed E-state index contributed by atoms with van der Waals surface area (Å²) >= 11 is 0. The number of benzene rings is 1. The molecule has 3 heterocycles. The summed E-state index contributed by atoms with van der Waals surface area (Å²) in [6, 6.07) is 16.8. The zero-order valence-electron chi connectivity index (χ0n) is 19.6. The molecule has 0 radical (unpaired) electrons. The van der Waals surface area contributed by atoms with Gasteiger partial charge in [-0.25, -0.2) is 14.6 Å². The molecular formula is C25H24N8O2. The molecular weight excluding hydrogens is 444 g/mol. The molecule has 4 rings (SSSR count). The van der Waals surface area contributed by atoms with Crippen molar-refractivity contribution in [3.8, 4) is 28.7 Å². The molecule has 0 aliphatic rings. The molecule has 0 saturated heterocycles. The summed E-state index contributed by atoms with van der Waals surface area (Å²) < 4.78 is 6.57. The van der Waals surface area contributed by atoms with E-state index in [-0.39, 0.29) is 18.5 Å². The second-order valence-corrected chi connectivity index (χ2v) is 8.15. The highest BCUT2D eigenvalue weighted by Crippen LogP contribution is 2.25. The normalized spacial score (nSPS) is 10.8. The van der Waals surface area contributed by atoms with Crippen molar-refractivity contribution < 1.29 is 9.53 Å². The van der Waals surface area contributed by atoms with Gasteiger partial charge in [0.1, 0.15) is 12.3 Å². The lowest BCUT2D eigenvalue weighted by Gasteiger charge is -2.08. The van der Waals surface area contributed by atoms with Gasteiger partial charge in [0.15, 0.2) is 0 Å². The van der Waals surface area contributed by atoms with Crippen LogP contribution in [-0.4, -0.2) is 49.6 Å². The maximum atomic E-state index is 12.1. The largest absolute Gasteiger partial charge is 0.375 e. The first-order valence-electron chi connectivity index (χ1n) is 11.0. The van der Waals surface area contributed by atoms with E-state index in [9.17, 15) is 10.1 Å². The number of aromatic nitrogens is 6. The average Bonchev–Trinajstić information content (AvgIpc) is 3.32. The van der Waals surface area contributed by atoms with Crippen molar-refractivity contribution in [3.63, 3.8) is 0 Å². The van der Waals surface area contributed by atoms with E-state index in [1.807, 2.05) is 24.3 Å². The number of amides is 1. The van der Waals surface area contributed by atoms with Crippen LogP contribution in [0.5, 0.6) is 0 Å². The van der Waals surface area contributed by atoms with Crippen LogP contribution in [0.3, 0.4) is 0 Å². The van der Waals surface area contributed by atoms with Crippen LogP contribution in [0.4, 0.5) is 5.95 Å². The Hall–Kier alpha value is -4.49. The minimum atomic E-state index is -0.388. The van der Waals surface area contributed by atoms with Crippen LogP contribution in [-0.2, 0) is 16.1 Å². The molecule has 0 fully saturated rings. The zero-order chi connectivity index (χ0) is 24.8. The van der Waals surface area contributed by atoms with Crippen LogP contribution >= 0.6 is 0 Å². The molecule has 10 nitrogen and oxygen atoms in total. The number of nitrogens with one attached hydrogen (secondary N) is 1. The third-order valence-electron chi connectivity index (χ3n) is 5.09. The minimum absolute atomic E-state index is 0.0998. The Morgan fingerprint density at radius 3 is 2.66 bits per heavy atom. The second kappa shape index (κ2) is 10.6. The fourth-order valence-electron chi connectivity index (χ4n) is 3.39. The number of nitriles is 1. The molecule has 3 aromatic heterocycles. The van der Waals surface area contributed by atoms with Gasteiger partial charge in [0.2, 0.25) is 5.95 Å². The number of carbonyl (C=O) groups is 1. The third kappa shape index (κ3) is 5.90. The average molecular weight is 469 g/mol. The highest BCUT2D eigenvalue weighted by molar-refractivity contribution is 5.90. The van der Waals surface area contributed by atoms with Crippen molar-refractivity contribution in [3.05, 3.63) is 71.7 Å². The highest BCUT2D eigenvalue weighted by atomic mass is 16.5. The smallest absolute Gasteiger partial charge is 0.252 e. The molecule has 0 aliphatic carbocycles. The van der Waals surface area contributed by atoms with Gasteiger partial charge in [-0.15, -0.1) is 5.10 Å². The summed E-state index contributed by atoms with van der Waals surface area (Å²) in [6.07, 6.45) is 1.77. The molecule has 0 bridgehead atoms. The van der Waals surface area contributed by atoms with Gasteiger partial charge in [0.25, 0.3) is 5.91 Å². The summed E-state index contributed by atoms with van der Waals surface area (Å²) in [7, 11) is 1.43. The fourth-order valence-corrected chi connectivity index (χ4v) is 3.39. The molecule has 1 amide bonds. The number of hydrogen-bond acceptors (Lipinski definition) is 8. The molecule has 0 saturated carbocycles. The first-order chi connectivity index (χ1) is 16.9. The molecule has 0 atom stereocenters. The van der Waals surface area contributed by atoms with Crippen LogP contribution < -0.4 is 5.32 Å². The molecule has 0 aliphatic heterocycles. The number of ether oxygens (including phenoxy) is 1. The van der Waals surface area contributed by atoms with Crippen LogP contribution in [0.1, 0.15) is 36.7 Å². The summed E-state index contributed by atoms with van der Waals surface area (Å²) in [4.78, 5) is 25.7. The molecule has 35 heavy (non-hydrogen) atoms. The predicted octanol–water partition coefficient (Wildman–Crippen LogP) is 3.43. The highest BCUT2D eigenvalue weighted by Gasteiger charge is 2.14. The maximum absolute atomic E-state index is 12.1. The number of pyridine rings is 1. The number of methoxy groups -OCH3 is 1. The van der Waals surface area contributed by atoms with Crippen molar-refractivity contribution in [1.82, 2.24) is 29.9 Å². The van der Waals surface area contributed by atoms with E-state index in [0.29, 0.717) is 40.7 Å². The van der Waals surface area contributed by atoms with Crippen molar-refractivity contribution in [2.75, 3.05) is 19.0 Å². The van der Waals surface area contributed by atoms with Gasteiger partial charge in [-0.1, -0.05) is 37.3 Å². The summed E-state index contributed by atoms with van der Waals surface area (Å²) in [6.45, 7) is 4.52. The van der Waals surface area contributed by atoms with E-state index in [4.69, 9.17) is 4.74 Å². The van der Waals surface area contributed by atoms with E-state index < -0.39 is 0 Å². The van der Waals surface area contributed by atoms with E-state index in [1.165, 1.54) is 7.11 Å². The lowest BCUT2D eigenvalue weighted by Crippen LogP contribution is -2.19. The van der Waals surface area contributed by atoms with Crippen LogP contribution in [0.2, 0.25) is 0 Å². The Bertz CT molecular complexity index is 1390. The third-order valence-corrected chi connectivity index (χ3v) is 5.09. The standard InChI is InChI=1S/C25H24N8O2/c1-16(2)20-9-5-8-19(27-20)13-33-14-23(31-32-33)22-11-21(18-7-4-6-17(10-18)12-26)28-25(29-22)30-24(34)15-35-3/h4-11,14,16H,13,15H2,1-3H3,(H,28,29,30,34). The minimum Gasteiger partial charge on any atom is -0.375 e. The van der Waals surface area contributed by atoms with Crippen molar-refractivity contribution >= 4 is 11.9 Å². The quantitative estimate of drug-likeness (QED) is 0.416. The van der Waals surface area contributed by atoms with E-state index >= 15 is 0 Å². The maximum Gasteiger partial charge on any atom is 0.252 e.